The van der Waals surface area contributed by atoms with E-state index in [4.69, 9.17) is 63.5 Å². The van der Waals surface area contributed by atoms with E-state index in [1.807, 2.05) is 187 Å². The molecule has 0 saturated carbocycles. The fourth-order valence-electron chi connectivity index (χ4n) is 6.11. The fraction of sp³-hybridized carbons (Fsp3) is 1.00. The molecule has 1 radical (unpaired) electrons. The van der Waals surface area contributed by atoms with Crippen molar-refractivity contribution in [1.82, 2.24) is 0 Å². The summed E-state index contributed by atoms with van der Waals surface area (Å²) >= 11 is 0. The van der Waals surface area contributed by atoms with Crippen LogP contribution < -0.4 is 14.4 Å². The number of rotatable bonds is 9. The summed E-state index contributed by atoms with van der Waals surface area (Å²) in [5, 5.41) is 0. The first-order valence-electron chi connectivity index (χ1n) is 28.2. The van der Waals surface area contributed by atoms with E-state index in [0.717, 1.165) is 66.1 Å². The molecular weight excluding hydrogens is 1170 g/mol. The maximum absolute atomic E-state index is 12.6. The Labute approximate surface area is 510 Å². The van der Waals surface area contributed by atoms with Crippen molar-refractivity contribution in [2.24, 2.45) is 0 Å². The maximum atomic E-state index is 12.6. The molecule has 17 nitrogen and oxygen atoms in total. The van der Waals surface area contributed by atoms with Crippen molar-refractivity contribution in [2.75, 3.05) is 66.1 Å². The average molecular weight is 1290 g/mol. The van der Waals surface area contributed by atoms with Gasteiger partial charge in [-0.3, -0.25) is 0 Å². The van der Waals surface area contributed by atoms with E-state index in [2.05, 4.69) is 0 Å². The monoisotopic (exact) mass is 1290 g/mol. The van der Waals surface area contributed by atoms with Gasteiger partial charge < -0.3 is 77.9 Å². The van der Waals surface area contributed by atoms with Crippen LogP contribution in [0.25, 0.3) is 0 Å². The third kappa shape index (κ3) is 68.0. The molecule has 0 bridgehead atoms. The van der Waals surface area contributed by atoms with Gasteiger partial charge in [0.1, 0.15) is 0 Å². The zero-order chi connectivity index (χ0) is 60.0. The molecule has 5 fully saturated rings. The third-order valence-electron chi connectivity index (χ3n) is 8.02. The minimum absolute atomic E-state index is 0. The molecule has 0 aromatic carbocycles. The molecule has 0 aliphatic carbocycles. The second-order valence-electron chi connectivity index (χ2n) is 28.0. The van der Waals surface area contributed by atoms with Crippen LogP contribution in [0.1, 0.15) is 251 Å². The summed E-state index contributed by atoms with van der Waals surface area (Å²) < 4.78 is 74.4. The zero-order valence-corrected chi connectivity index (χ0v) is 60.7. The fourth-order valence-corrected chi connectivity index (χ4v) is 13.2. The minimum Gasteiger partial charge on any atom is -0.793 e. The molecular formula is C56H121CeO17Si3. The van der Waals surface area contributed by atoms with E-state index in [9.17, 15) is 14.4 Å². The van der Waals surface area contributed by atoms with E-state index in [0.29, 0.717) is 0 Å². The quantitative estimate of drug-likeness (QED) is 0.197. The van der Waals surface area contributed by atoms with Crippen LogP contribution >= 0.6 is 0 Å². The first-order chi connectivity index (χ1) is 33.9. The topological polar surface area (TPSA) is 198 Å². The van der Waals surface area contributed by atoms with E-state index >= 15 is 0 Å². The molecule has 5 heterocycles. The molecule has 0 amide bonds. The predicted octanol–water partition coefficient (Wildman–Crippen LogP) is 10.7. The van der Waals surface area contributed by atoms with Crippen LogP contribution in [0.2, 0.25) is 0 Å². The van der Waals surface area contributed by atoms with Crippen LogP contribution in [-0.4, -0.2) is 144 Å². The average Bonchev–Trinajstić information content (AvgIpc) is 4.00. The Hall–Kier alpha value is 1.35. The Bertz CT molecular complexity index is 1050. The second-order valence-corrected chi connectivity index (χ2v) is 32.9. The van der Waals surface area contributed by atoms with Gasteiger partial charge in [0.15, 0.2) is 0 Å². The Kier molecular flexibility index (Phi) is 43.1. The van der Waals surface area contributed by atoms with Gasteiger partial charge in [-0.05, 0) is 251 Å². The number of hydrogen-bond donors (Lipinski definition) is 0. The van der Waals surface area contributed by atoms with Crippen LogP contribution in [0.4, 0.5) is 0 Å². The molecule has 463 valence electrons. The molecule has 5 saturated heterocycles. The molecule has 0 atom stereocenters. The summed E-state index contributed by atoms with van der Waals surface area (Å²) in [6, 6.07) is 0. The summed E-state index contributed by atoms with van der Waals surface area (Å²) in [4.78, 5) is 37.9. The van der Waals surface area contributed by atoms with Crippen molar-refractivity contribution in [3.8, 4) is 0 Å². The molecule has 0 N–H and O–H groups in total. The zero-order valence-electron chi connectivity index (χ0n) is 54.6. The summed E-state index contributed by atoms with van der Waals surface area (Å²) in [5.41, 5.74) is -5.21. The number of ether oxygens (including phenoxy) is 5. The van der Waals surface area contributed by atoms with Gasteiger partial charge in [-0.2, -0.15) is 0 Å². The first kappa shape index (κ1) is 84.8. The van der Waals surface area contributed by atoms with E-state index < -0.39 is 77.6 Å². The SMILES string of the molecule is C1CCOC1.C1CCOC1.C1CCOC1.C1CCOC1.C1CCOC1.CC(C)(C)O[Si]([O-])(OC(C)(C)C)OC(C)(C)C.CC(C)(C)O[Si]([O-])(OC(C)(C)C)OC(C)(C)C.CC(C)(C)O[Si]([O-])(OC(C)(C)C)OC(C)(C)C.[Ce+3]. The molecule has 0 spiro atoms. The van der Waals surface area contributed by atoms with Crippen LogP contribution in [-0.2, 0) is 63.5 Å². The molecule has 0 aromatic rings. The van der Waals surface area contributed by atoms with E-state index in [1.165, 1.54) is 64.2 Å². The van der Waals surface area contributed by atoms with Crippen LogP contribution in [0.15, 0.2) is 0 Å². The van der Waals surface area contributed by atoms with Gasteiger partial charge in [0, 0.05) is 66.1 Å². The van der Waals surface area contributed by atoms with Gasteiger partial charge in [-0.1, -0.05) is 0 Å². The van der Waals surface area contributed by atoms with E-state index in [1.54, 1.807) is 0 Å². The molecule has 21 heteroatoms. The van der Waals surface area contributed by atoms with Crippen molar-refractivity contribution in [1.29, 1.82) is 0 Å². The van der Waals surface area contributed by atoms with Gasteiger partial charge in [-0.25, -0.2) is 0 Å². The summed E-state index contributed by atoms with van der Waals surface area (Å²) in [6.07, 6.45) is 12.8. The van der Waals surface area contributed by atoms with E-state index in [-0.39, 0.29) is 41.7 Å². The van der Waals surface area contributed by atoms with Crippen LogP contribution in [0, 0.1) is 41.7 Å². The van der Waals surface area contributed by atoms with Crippen molar-refractivity contribution in [3.05, 3.63) is 0 Å². The van der Waals surface area contributed by atoms with Gasteiger partial charge >= 0.3 is 68.9 Å². The number of hydrogen-bond acceptors (Lipinski definition) is 17. The van der Waals surface area contributed by atoms with Crippen molar-refractivity contribution in [2.45, 2.75) is 302 Å². The Balaban J connectivity index is -0.000000419. The van der Waals surface area contributed by atoms with Crippen LogP contribution in [0.5, 0.6) is 0 Å². The Morgan fingerprint density at radius 1 is 0.208 bits per heavy atom. The molecule has 0 aromatic heterocycles. The second kappa shape index (κ2) is 39.1. The summed E-state index contributed by atoms with van der Waals surface area (Å²) in [6.45, 7) is 59.3. The summed E-state index contributed by atoms with van der Waals surface area (Å²) in [7, 11) is -11.7. The molecule has 5 rings (SSSR count). The molecule has 77 heavy (non-hydrogen) atoms. The van der Waals surface area contributed by atoms with Gasteiger partial charge in [-0.15, -0.1) is 0 Å². The standard InChI is InChI=1S/3C12H27O4Si.5C4H8O.Ce/c3*1-10(2,3)14-17(13,15-11(4,5)6)16-12(7,8)9;5*1-2-4-5-3-1;/h3*1-9H3;5*1-4H2;/q3*-1;;;;;;+3. The normalized spacial score (nSPS) is 17.8. The molecule has 5 aliphatic heterocycles. The smallest absolute Gasteiger partial charge is 0.793 e. The Morgan fingerprint density at radius 2 is 0.286 bits per heavy atom. The maximum Gasteiger partial charge on any atom is 3.00 e. The van der Waals surface area contributed by atoms with Gasteiger partial charge in [0.25, 0.3) is 0 Å². The third-order valence-corrected chi connectivity index (χ3v) is 15.8. The summed E-state index contributed by atoms with van der Waals surface area (Å²) in [5.74, 6) is 0. The van der Waals surface area contributed by atoms with Gasteiger partial charge in [0.2, 0.25) is 0 Å². The van der Waals surface area contributed by atoms with Crippen molar-refractivity contribution >= 4 is 27.1 Å². The largest absolute Gasteiger partial charge is 3.00 e. The molecule has 5 aliphatic rings. The van der Waals surface area contributed by atoms with Crippen molar-refractivity contribution < 1.29 is 120 Å². The molecule has 0 unspecified atom stereocenters. The Morgan fingerprint density at radius 3 is 0.325 bits per heavy atom. The minimum atomic E-state index is -3.91. The van der Waals surface area contributed by atoms with Crippen LogP contribution in [0.3, 0.4) is 0 Å². The van der Waals surface area contributed by atoms with Gasteiger partial charge in [0.05, 0.1) is 50.4 Å². The predicted molar refractivity (Wildman–Crippen MR) is 305 cm³/mol. The first-order valence-corrected chi connectivity index (χ1v) is 33.1. The van der Waals surface area contributed by atoms with Crippen molar-refractivity contribution in [3.63, 3.8) is 0 Å².